The number of halogens is 2. The molecule has 0 radical (unpaired) electrons. The summed E-state index contributed by atoms with van der Waals surface area (Å²) < 4.78 is 37.6. The molecule has 0 fully saturated rings. The van der Waals surface area contributed by atoms with Crippen molar-refractivity contribution >= 4 is 5.97 Å². The Morgan fingerprint density at radius 1 is 1.00 bits per heavy atom. The van der Waals surface area contributed by atoms with Crippen molar-refractivity contribution in [3.05, 3.63) is 60.7 Å². The minimum absolute atomic E-state index is 0.00932. The summed E-state index contributed by atoms with van der Waals surface area (Å²) in [6.07, 6.45) is -2.84. The fourth-order valence-corrected chi connectivity index (χ4v) is 1.54. The molecule has 21 heavy (non-hydrogen) atoms. The number of ether oxygens (including phenoxy) is 2. The Hall–Kier alpha value is -2.63. The van der Waals surface area contributed by atoms with Crippen LogP contribution in [0.25, 0.3) is 0 Å². The summed E-state index contributed by atoms with van der Waals surface area (Å²) in [6.45, 7) is 0. The van der Waals surface area contributed by atoms with Crippen molar-refractivity contribution in [2.24, 2.45) is 0 Å². The van der Waals surface area contributed by atoms with Gasteiger partial charge >= 0.3 is 18.2 Å². The second kappa shape index (κ2) is 6.21. The topological polar surface area (TPSA) is 55.8 Å². The van der Waals surface area contributed by atoms with Gasteiger partial charge in [-0.1, -0.05) is 36.4 Å². The number of hydrogen-bond acceptors (Lipinski definition) is 3. The van der Waals surface area contributed by atoms with Gasteiger partial charge in [-0.2, -0.15) is 8.78 Å². The van der Waals surface area contributed by atoms with E-state index in [4.69, 9.17) is 5.11 Å². The zero-order valence-electron chi connectivity index (χ0n) is 10.8. The van der Waals surface area contributed by atoms with E-state index in [0.29, 0.717) is 0 Å². The number of hydrogen-bond donors (Lipinski definition) is 1. The Morgan fingerprint density at radius 2 is 1.48 bits per heavy atom. The van der Waals surface area contributed by atoms with Crippen LogP contribution in [-0.2, 0) is 4.79 Å². The van der Waals surface area contributed by atoms with Crippen LogP contribution >= 0.6 is 0 Å². The minimum atomic E-state index is -3.66. The Bertz CT molecular complexity index is 591. The Labute approximate surface area is 119 Å². The summed E-state index contributed by atoms with van der Waals surface area (Å²) >= 11 is 0. The molecule has 0 saturated carbocycles. The van der Waals surface area contributed by atoms with E-state index in [-0.39, 0.29) is 11.5 Å². The van der Waals surface area contributed by atoms with Crippen LogP contribution in [0.4, 0.5) is 8.78 Å². The van der Waals surface area contributed by atoms with E-state index in [1.54, 1.807) is 24.3 Å². The van der Waals surface area contributed by atoms with Crippen LogP contribution in [0.1, 0.15) is 0 Å². The van der Waals surface area contributed by atoms with Gasteiger partial charge in [0.2, 0.25) is 0 Å². The molecule has 0 aliphatic heterocycles. The molecule has 0 spiro atoms. The molecular formula is C15H12F2O4. The van der Waals surface area contributed by atoms with E-state index >= 15 is 0 Å². The summed E-state index contributed by atoms with van der Waals surface area (Å²) in [5.41, 5.74) is 0. The molecule has 0 amide bonds. The van der Waals surface area contributed by atoms with Crippen LogP contribution in [0.15, 0.2) is 60.7 Å². The smallest absolute Gasteiger partial charge is 0.412 e. The highest BCUT2D eigenvalue weighted by molar-refractivity contribution is 5.76. The highest BCUT2D eigenvalue weighted by Crippen LogP contribution is 2.27. The predicted octanol–water partition coefficient (Wildman–Crippen LogP) is 3.19. The fourth-order valence-electron chi connectivity index (χ4n) is 1.54. The first kappa shape index (κ1) is 14.8. The molecule has 2 aromatic rings. The number of alkyl halides is 2. The Balaban J connectivity index is 2.19. The molecular weight excluding hydrogens is 282 g/mol. The number of carboxylic acids is 1. The van der Waals surface area contributed by atoms with E-state index in [9.17, 15) is 13.6 Å². The van der Waals surface area contributed by atoms with Crippen molar-refractivity contribution in [3.8, 4) is 11.5 Å². The lowest BCUT2D eigenvalue weighted by Gasteiger charge is -2.25. The summed E-state index contributed by atoms with van der Waals surface area (Å²) in [6, 6.07) is 14.7. The summed E-state index contributed by atoms with van der Waals surface area (Å²) in [5, 5.41) is 8.92. The minimum Gasteiger partial charge on any atom is -0.476 e. The quantitative estimate of drug-likeness (QED) is 0.889. The van der Waals surface area contributed by atoms with Crippen LogP contribution < -0.4 is 9.47 Å². The van der Waals surface area contributed by atoms with Gasteiger partial charge < -0.3 is 14.6 Å². The monoisotopic (exact) mass is 294 g/mol. The zero-order valence-corrected chi connectivity index (χ0v) is 10.8. The van der Waals surface area contributed by atoms with Gasteiger partial charge in [-0.15, -0.1) is 0 Å². The van der Waals surface area contributed by atoms with E-state index in [2.05, 4.69) is 9.47 Å². The second-order valence-corrected chi connectivity index (χ2v) is 4.11. The first-order valence-corrected chi connectivity index (χ1v) is 6.04. The molecule has 0 bridgehead atoms. The molecule has 0 heterocycles. The molecule has 2 atom stereocenters. The SMILES string of the molecule is O=C(O)C(F)(Oc1ccccc1)C(F)Oc1ccccc1. The normalized spacial score (nSPS) is 14.8. The third kappa shape index (κ3) is 3.47. The number of benzene rings is 2. The van der Waals surface area contributed by atoms with Crippen molar-refractivity contribution in [1.82, 2.24) is 0 Å². The molecule has 6 heteroatoms. The maximum absolute atomic E-state index is 14.4. The molecule has 1 N–H and O–H groups in total. The number of carbonyl (C=O) groups is 1. The summed E-state index contributed by atoms with van der Waals surface area (Å²) in [5.74, 6) is -5.90. The third-order valence-electron chi connectivity index (χ3n) is 2.58. The lowest BCUT2D eigenvalue weighted by molar-refractivity contribution is -0.212. The molecule has 2 unspecified atom stereocenters. The van der Waals surface area contributed by atoms with Crippen molar-refractivity contribution in [2.75, 3.05) is 0 Å². The van der Waals surface area contributed by atoms with Crippen molar-refractivity contribution in [1.29, 1.82) is 0 Å². The van der Waals surface area contributed by atoms with Gasteiger partial charge in [0.1, 0.15) is 11.5 Å². The molecule has 2 aromatic carbocycles. The van der Waals surface area contributed by atoms with Gasteiger partial charge in [0.05, 0.1) is 0 Å². The van der Waals surface area contributed by atoms with Crippen LogP contribution in [0, 0.1) is 0 Å². The number of para-hydroxylation sites is 2. The highest BCUT2D eigenvalue weighted by atomic mass is 19.2. The van der Waals surface area contributed by atoms with Crippen LogP contribution in [0.3, 0.4) is 0 Å². The fraction of sp³-hybridized carbons (Fsp3) is 0.133. The second-order valence-electron chi connectivity index (χ2n) is 4.11. The van der Waals surface area contributed by atoms with Gasteiger partial charge in [0.15, 0.2) is 0 Å². The van der Waals surface area contributed by atoms with Gasteiger partial charge in [0, 0.05) is 0 Å². The van der Waals surface area contributed by atoms with E-state index < -0.39 is 18.2 Å². The maximum Gasteiger partial charge on any atom is 0.412 e. The maximum atomic E-state index is 14.4. The van der Waals surface area contributed by atoms with Crippen LogP contribution in [-0.4, -0.2) is 23.3 Å². The lowest BCUT2D eigenvalue weighted by atomic mass is 10.3. The number of aliphatic carboxylic acids is 1. The first-order valence-electron chi connectivity index (χ1n) is 6.04. The van der Waals surface area contributed by atoms with Crippen LogP contribution in [0.5, 0.6) is 11.5 Å². The Kier molecular flexibility index (Phi) is 4.37. The third-order valence-corrected chi connectivity index (χ3v) is 2.58. The van der Waals surface area contributed by atoms with Crippen molar-refractivity contribution < 1.29 is 28.2 Å². The summed E-state index contributed by atoms with van der Waals surface area (Å²) in [7, 11) is 0. The lowest BCUT2D eigenvalue weighted by Crippen LogP contribution is -2.51. The van der Waals surface area contributed by atoms with Gasteiger partial charge in [-0.3, -0.25) is 0 Å². The molecule has 110 valence electrons. The average Bonchev–Trinajstić information content (AvgIpc) is 2.49. The molecule has 4 nitrogen and oxygen atoms in total. The first-order chi connectivity index (χ1) is 10.0. The van der Waals surface area contributed by atoms with E-state index in [0.717, 1.165) is 0 Å². The van der Waals surface area contributed by atoms with Gasteiger partial charge in [-0.05, 0) is 24.3 Å². The largest absolute Gasteiger partial charge is 0.476 e. The number of carboxylic acid groups (broad SMARTS) is 1. The molecule has 0 saturated heterocycles. The average molecular weight is 294 g/mol. The molecule has 0 aliphatic carbocycles. The standard InChI is InChI=1S/C15H12F2O4/c16-13(20-11-7-3-1-4-8-11)15(17,14(18)19)21-12-9-5-2-6-10-12/h1-10,13H,(H,18,19). The van der Waals surface area contributed by atoms with Crippen molar-refractivity contribution in [3.63, 3.8) is 0 Å². The van der Waals surface area contributed by atoms with Crippen molar-refractivity contribution in [2.45, 2.75) is 12.2 Å². The van der Waals surface area contributed by atoms with E-state index in [1.807, 2.05) is 0 Å². The van der Waals surface area contributed by atoms with E-state index in [1.165, 1.54) is 36.4 Å². The molecule has 0 aliphatic rings. The molecule has 0 aromatic heterocycles. The molecule has 2 rings (SSSR count). The zero-order chi connectivity index (χ0) is 15.3. The highest BCUT2D eigenvalue weighted by Gasteiger charge is 2.53. The van der Waals surface area contributed by atoms with Crippen LogP contribution in [0.2, 0.25) is 0 Å². The Morgan fingerprint density at radius 3 is 1.95 bits per heavy atom. The summed E-state index contributed by atoms with van der Waals surface area (Å²) in [4.78, 5) is 11.0. The number of rotatable bonds is 6. The van der Waals surface area contributed by atoms with Gasteiger partial charge in [-0.25, -0.2) is 4.79 Å². The van der Waals surface area contributed by atoms with Gasteiger partial charge in [0.25, 0.3) is 0 Å². The predicted molar refractivity (Wildman–Crippen MR) is 70.5 cm³/mol.